The zero-order chi connectivity index (χ0) is 14.1. The summed E-state index contributed by atoms with van der Waals surface area (Å²) >= 11 is 0. The summed E-state index contributed by atoms with van der Waals surface area (Å²) in [5, 5.41) is 18.5. The Morgan fingerprint density at radius 3 is 2.44 bits per heavy atom. The Balaban J connectivity index is 3.31. The number of rotatable bonds is 4. The van der Waals surface area contributed by atoms with Crippen LogP contribution < -0.4 is 10.6 Å². The maximum Gasteiger partial charge on any atom is 0.337 e. The lowest BCUT2D eigenvalue weighted by Gasteiger charge is -2.36. The van der Waals surface area contributed by atoms with Crippen molar-refractivity contribution < 1.29 is 15.0 Å². The van der Waals surface area contributed by atoms with Crippen molar-refractivity contribution in [3.8, 4) is 0 Å². The summed E-state index contributed by atoms with van der Waals surface area (Å²) in [5.74, 6) is -1.05. The van der Waals surface area contributed by atoms with E-state index >= 15 is 0 Å². The predicted octanol–water partition coefficient (Wildman–Crippen LogP) is 1.48. The van der Waals surface area contributed by atoms with Gasteiger partial charge in [0.15, 0.2) is 0 Å². The topological polar surface area (TPSA) is 86.8 Å². The van der Waals surface area contributed by atoms with Crippen LogP contribution in [0.15, 0.2) is 12.1 Å². The predicted molar refractivity (Wildman–Crippen MR) is 72.1 cm³/mol. The number of nitrogens with two attached hydrogens (primary N) is 1. The van der Waals surface area contributed by atoms with Gasteiger partial charge in [0.2, 0.25) is 0 Å². The van der Waals surface area contributed by atoms with Crippen LogP contribution >= 0.6 is 0 Å². The minimum atomic E-state index is -1.05. The third-order valence-corrected chi connectivity index (χ3v) is 3.28. The molecule has 0 radical (unpaired) electrons. The van der Waals surface area contributed by atoms with E-state index in [1.165, 1.54) is 6.07 Å². The van der Waals surface area contributed by atoms with Gasteiger partial charge in [0.25, 0.3) is 0 Å². The van der Waals surface area contributed by atoms with Crippen molar-refractivity contribution >= 4 is 17.3 Å². The molecule has 0 amide bonds. The van der Waals surface area contributed by atoms with E-state index in [0.29, 0.717) is 5.56 Å². The molecule has 5 heteroatoms. The zero-order valence-electron chi connectivity index (χ0n) is 11.2. The molecule has 0 aliphatic heterocycles. The van der Waals surface area contributed by atoms with Gasteiger partial charge in [-0.25, -0.2) is 4.79 Å². The van der Waals surface area contributed by atoms with Gasteiger partial charge in [-0.2, -0.15) is 0 Å². The SMILES string of the molecule is Cc1cc(N(C)C(C)(C)CO)cc(C(=O)O)c1N. The van der Waals surface area contributed by atoms with E-state index in [9.17, 15) is 9.90 Å². The first kappa shape index (κ1) is 14.3. The smallest absolute Gasteiger partial charge is 0.337 e. The van der Waals surface area contributed by atoms with Gasteiger partial charge in [-0.15, -0.1) is 0 Å². The molecule has 1 aromatic rings. The molecule has 1 aromatic carbocycles. The molecule has 0 atom stereocenters. The third kappa shape index (κ3) is 2.56. The number of benzene rings is 1. The molecular weight excluding hydrogens is 232 g/mol. The van der Waals surface area contributed by atoms with Crippen molar-refractivity contribution in [3.05, 3.63) is 23.3 Å². The summed E-state index contributed by atoms with van der Waals surface area (Å²) < 4.78 is 0. The molecular formula is C13H20N2O3. The molecule has 4 N–H and O–H groups in total. The third-order valence-electron chi connectivity index (χ3n) is 3.28. The molecule has 5 nitrogen and oxygen atoms in total. The van der Waals surface area contributed by atoms with Gasteiger partial charge in [-0.1, -0.05) is 0 Å². The molecule has 0 spiro atoms. The Bertz CT molecular complexity index is 470. The van der Waals surface area contributed by atoms with Crippen LogP contribution in [-0.2, 0) is 0 Å². The second-order valence-corrected chi connectivity index (χ2v) is 5.06. The van der Waals surface area contributed by atoms with Crippen molar-refractivity contribution in [2.45, 2.75) is 26.3 Å². The number of aromatic carboxylic acids is 1. The average Bonchev–Trinajstić information content (AvgIpc) is 2.31. The minimum absolute atomic E-state index is 0.0324. The maximum atomic E-state index is 11.1. The van der Waals surface area contributed by atoms with Crippen LogP contribution in [0.2, 0.25) is 0 Å². The molecule has 18 heavy (non-hydrogen) atoms. The molecule has 0 aliphatic carbocycles. The average molecular weight is 252 g/mol. The van der Waals surface area contributed by atoms with E-state index in [-0.39, 0.29) is 17.9 Å². The second-order valence-electron chi connectivity index (χ2n) is 5.06. The lowest BCUT2D eigenvalue weighted by molar-refractivity contribution is 0.0698. The summed E-state index contributed by atoms with van der Waals surface area (Å²) in [7, 11) is 1.81. The number of likely N-dealkylation sites (N-methyl/N-ethyl adjacent to an activating group) is 1. The highest BCUT2D eigenvalue weighted by atomic mass is 16.4. The number of hydrogen-bond donors (Lipinski definition) is 3. The van der Waals surface area contributed by atoms with Crippen LogP contribution in [0.25, 0.3) is 0 Å². The Morgan fingerprint density at radius 1 is 1.44 bits per heavy atom. The lowest BCUT2D eigenvalue weighted by Crippen LogP contribution is -2.44. The maximum absolute atomic E-state index is 11.1. The number of nitrogens with zero attached hydrogens (tertiary/aromatic N) is 1. The lowest BCUT2D eigenvalue weighted by atomic mass is 10.0. The number of carboxylic acids is 1. The molecule has 0 unspecified atom stereocenters. The Kier molecular flexibility index (Phi) is 3.86. The van der Waals surface area contributed by atoms with Crippen molar-refractivity contribution in [3.63, 3.8) is 0 Å². The zero-order valence-corrected chi connectivity index (χ0v) is 11.2. The molecule has 0 fully saturated rings. The first-order valence-corrected chi connectivity index (χ1v) is 5.69. The van der Waals surface area contributed by atoms with Crippen LogP contribution in [0.4, 0.5) is 11.4 Å². The summed E-state index contributed by atoms with van der Waals surface area (Å²) in [6.07, 6.45) is 0. The first-order chi connectivity index (χ1) is 8.20. The summed E-state index contributed by atoms with van der Waals surface area (Å²) in [6, 6.07) is 3.35. The quantitative estimate of drug-likeness (QED) is 0.707. The van der Waals surface area contributed by atoms with Crippen molar-refractivity contribution in [1.29, 1.82) is 0 Å². The fourth-order valence-corrected chi connectivity index (χ4v) is 1.61. The van der Waals surface area contributed by atoms with Gasteiger partial charge in [0.1, 0.15) is 0 Å². The molecule has 1 rings (SSSR count). The van der Waals surface area contributed by atoms with E-state index in [4.69, 9.17) is 10.8 Å². The van der Waals surface area contributed by atoms with E-state index < -0.39 is 11.5 Å². The van der Waals surface area contributed by atoms with Crippen molar-refractivity contribution in [1.82, 2.24) is 0 Å². The monoisotopic (exact) mass is 252 g/mol. The standard InChI is InChI=1S/C13H20N2O3/c1-8-5-9(15(4)13(2,3)7-16)6-10(11(8)14)12(17)18/h5-6,16H,7,14H2,1-4H3,(H,17,18). The van der Waals surface area contributed by atoms with Crippen molar-refractivity contribution in [2.24, 2.45) is 0 Å². The normalized spacial score (nSPS) is 11.4. The van der Waals surface area contributed by atoms with Crippen LogP contribution in [0, 0.1) is 6.92 Å². The summed E-state index contributed by atoms with van der Waals surface area (Å²) in [4.78, 5) is 13.0. The van der Waals surface area contributed by atoms with Crippen LogP contribution in [0.1, 0.15) is 29.8 Å². The summed E-state index contributed by atoms with van der Waals surface area (Å²) in [5.41, 5.74) is 7.07. The van der Waals surface area contributed by atoms with E-state index in [1.807, 2.05) is 31.9 Å². The van der Waals surface area contributed by atoms with Gasteiger partial charge in [0.05, 0.1) is 17.7 Å². The van der Waals surface area contributed by atoms with Gasteiger partial charge < -0.3 is 20.8 Å². The van der Waals surface area contributed by atoms with Crippen LogP contribution in [-0.4, -0.2) is 35.4 Å². The van der Waals surface area contributed by atoms with Crippen molar-refractivity contribution in [2.75, 3.05) is 24.3 Å². The second kappa shape index (κ2) is 4.86. The molecule has 100 valence electrons. The fraction of sp³-hybridized carbons (Fsp3) is 0.462. The van der Waals surface area contributed by atoms with Crippen LogP contribution in [0.3, 0.4) is 0 Å². The number of nitrogen functional groups attached to an aromatic ring is 1. The van der Waals surface area contributed by atoms with E-state index in [0.717, 1.165) is 5.69 Å². The van der Waals surface area contributed by atoms with Gasteiger partial charge in [0, 0.05) is 18.4 Å². The Labute approximate surface area is 107 Å². The van der Waals surface area contributed by atoms with Gasteiger partial charge in [-0.05, 0) is 38.5 Å². The molecule has 0 bridgehead atoms. The fourth-order valence-electron chi connectivity index (χ4n) is 1.61. The minimum Gasteiger partial charge on any atom is -0.478 e. The Hall–Kier alpha value is -1.75. The van der Waals surface area contributed by atoms with Gasteiger partial charge in [-0.3, -0.25) is 0 Å². The van der Waals surface area contributed by atoms with E-state index in [2.05, 4.69) is 0 Å². The van der Waals surface area contributed by atoms with Crippen LogP contribution in [0.5, 0.6) is 0 Å². The van der Waals surface area contributed by atoms with Gasteiger partial charge >= 0.3 is 5.97 Å². The van der Waals surface area contributed by atoms with E-state index in [1.54, 1.807) is 6.92 Å². The number of aliphatic hydroxyl groups is 1. The molecule has 0 heterocycles. The molecule has 0 saturated heterocycles. The molecule has 0 aliphatic rings. The first-order valence-electron chi connectivity index (χ1n) is 5.69. The summed E-state index contributed by atoms with van der Waals surface area (Å²) in [6.45, 7) is 5.48. The number of carboxylic acid groups (broad SMARTS) is 1. The Morgan fingerprint density at radius 2 is 2.00 bits per heavy atom. The largest absolute Gasteiger partial charge is 0.478 e. The number of aliphatic hydroxyl groups excluding tert-OH is 1. The highest BCUT2D eigenvalue weighted by Gasteiger charge is 2.24. The number of carbonyl (C=O) groups is 1. The number of aryl methyl sites for hydroxylation is 1. The highest BCUT2D eigenvalue weighted by Crippen LogP contribution is 2.28. The molecule has 0 saturated carbocycles. The number of hydrogen-bond acceptors (Lipinski definition) is 4. The number of anilines is 2. The highest BCUT2D eigenvalue weighted by molar-refractivity contribution is 5.95. The molecule has 0 aromatic heterocycles.